The largest absolute Gasteiger partial charge is 0.399 e. The summed E-state index contributed by atoms with van der Waals surface area (Å²) in [7, 11) is 3.54. The minimum Gasteiger partial charge on any atom is -0.399 e. The molecule has 0 spiro atoms. The molecule has 0 saturated heterocycles. The van der Waals surface area contributed by atoms with Crippen LogP contribution in [0.1, 0.15) is 10.4 Å². The molecular formula is C15H15F2N3O. The summed E-state index contributed by atoms with van der Waals surface area (Å²) < 4.78 is 26.7. The van der Waals surface area contributed by atoms with Crippen LogP contribution in [0.4, 0.5) is 25.8 Å². The number of hydrogen-bond donors (Lipinski definition) is 2. The highest BCUT2D eigenvalue weighted by Crippen LogP contribution is 2.23. The van der Waals surface area contributed by atoms with Crippen molar-refractivity contribution in [1.82, 2.24) is 0 Å². The van der Waals surface area contributed by atoms with Crippen LogP contribution in [0, 0.1) is 11.6 Å². The van der Waals surface area contributed by atoms with E-state index in [1.165, 1.54) is 6.07 Å². The van der Waals surface area contributed by atoms with Gasteiger partial charge >= 0.3 is 0 Å². The monoisotopic (exact) mass is 291 g/mol. The molecule has 1 amide bonds. The van der Waals surface area contributed by atoms with Gasteiger partial charge in [0.15, 0.2) is 0 Å². The van der Waals surface area contributed by atoms with Crippen LogP contribution < -0.4 is 16.0 Å². The highest BCUT2D eigenvalue weighted by Gasteiger charge is 2.15. The van der Waals surface area contributed by atoms with Crippen LogP contribution in [0.2, 0.25) is 0 Å². The van der Waals surface area contributed by atoms with E-state index in [4.69, 9.17) is 5.73 Å². The predicted molar refractivity (Wildman–Crippen MR) is 79.5 cm³/mol. The van der Waals surface area contributed by atoms with Gasteiger partial charge in [-0.05, 0) is 30.3 Å². The molecule has 0 saturated carbocycles. The van der Waals surface area contributed by atoms with E-state index in [2.05, 4.69) is 5.32 Å². The Morgan fingerprint density at radius 1 is 1.14 bits per heavy atom. The summed E-state index contributed by atoms with van der Waals surface area (Å²) in [6.45, 7) is 0. The van der Waals surface area contributed by atoms with Gasteiger partial charge in [-0.1, -0.05) is 0 Å². The second-order valence-corrected chi connectivity index (χ2v) is 4.75. The Hall–Kier alpha value is -2.63. The number of nitrogens with two attached hydrogens (primary N) is 1. The summed E-state index contributed by atoms with van der Waals surface area (Å²) in [6, 6.07) is 7.70. The fourth-order valence-electron chi connectivity index (χ4n) is 1.91. The lowest BCUT2D eigenvalue weighted by molar-refractivity contribution is 0.102. The Morgan fingerprint density at radius 3 is 2.52 bits per heavy atom. The number of rotatable bonds is 3. The third kappa shape index (κ3) is 3.28. The van der Waals surface area contributed by atoms with Crippen molar-refractivity contribution in [2.24, 2.45) is 0 Å². The number of amides is 1. The van der Waals surface area contributed by atoms with E-state index in [9.17, 15) is 13.6 Å². The van der Waals surface area contributed by atoms with Gasteiger partial charge in [-0.3, -0.25) is 4.79 Å². The average Bonchev–Trinajstić information content (AvgIpc) is 2.42. The lowest BCUT2D eigenvalue weighted by atomic mass is 10.1. The third-order valence-corrected chi connectivity index (χ3v) is 2.92. The number of nitrogens with zero attached hydrogens (tertiary/aromatic N) is 1. The minimum atomic E-state index is -0.708. The number of benzene rings is 2. The van der Waals surface area contributed by atoms with Crippen LogP contribution in [0.15, 0.2) is 36.4 Å². The second-order valence-electron chi connectivity index (χ2n) is 4.75. The average molecular weight is 291 g/mol. The van der Waals surface area contributed by atoms with Crippen molar-refractivity contribution in [2.45, 2.75) is 0 Å². The molecule has 0 aliphatic rings. The normalized spacial score (nSPS) is 10.3. The summed E-state index contributed by atoms with van der Waals surface area (Å²) in [5.41, 5.74) is 6.78. The lowest BCUT2D eigenvalue weighted by Gasteiger charge is -2.17. The summed E-state index contributed by atoms with van der Waals surface area (Å²) in [5.74, 6) is -1.90. The molecule has 0 heterocycles. The molecule has 3 N–H and O–H groups in total. The molecule has 2 rings (SSSR count). The standard InChI is InChI=1S/C15H15F2N3O/c1-20(2)14-6-4-10(18)8-11(14)15(21)19-13-7-9(16)3-5-12(13)17/h3-8H,18H2,1-2H3,(H,19,21). The van der Waals surface area contributed by atoms with Crippen LogP contribution in [-0.2, 0) is 0 Å². The number of nitrogen functional groups attached to an aromatic ring is 1. The quantitative estimate of drug-likeness (QED) is 0.855. The highest BCUT2D eigenvalue weighted by molar-refractivity contribution is 6.08. The molecule has 0 aromatic heterocycles. The van der Waals surface area contributed by atoms with Gasteiger partial charge in [-0.2, -0.15) is 0 Å². The van der Waals surface area contributed by atoms with Crippen LogP contribution in [0.5, 0.6) is 0 Å². The Bertz CT molecular complexity index is 687. The van der Waals surface area contributed by atoms with Crippen molar-refractivity contribution in [3.8, 4) is 0 Å². The number of anilines is 3. The topological polar surface area (TPSA) is 58.4 Å². The van der Waals surface area contributed by atoms with Crippen LogP contribution in [0.3, 0.4) is 0 Å². The first-order valence-electron chi connectivity index (χ1n) is 6.21. The van der Waals surface area contributed by atoms with E-state index in [1.54, 1.807) is 31.1 Å². The molecule has 0 radical (unpaired) electrons. The van der Waals surface area contributed by atoms with E-state index in [0.29, 0.717) is 11.4 Å². The second kappa shape index (κ2) is 5.78. The van der Waals surface area contributed by atoms with E-state index >= 15 is 0 Å². The maximum Gasteiger partial charge on any atom is 0.257 e. The molecule has 6 heteroatoms. The molecule has 0 atom stereocenters. The van der Waals surface area contributed by atoms with E-state index in [1.807, 2.05) is 0 Å². The molecule has 0 bridgehead atoms. The smallest absolute Gasteiger partial charge is 0.257 e. The fourth-order valence-corrected chi connectivity index (χ4v) is 1.91. The molecule has 110 valence electrons. The zero-order valence-corrected chi connectivity index (χ0v) is 11.7. The first kappa shape index (κ1) is 14.8. The Labute approximate surface area is 121 Å². The van der Waals surface area contributed by atoms with E-state index < -0.39 is 17.5 Å². The first-order chi connectivity index (χ1) is 9.88. The van der Waals surface area contributed by atoms with Crippen molar-refractivity contribution >= 4 is 23.0 Å². The molecule has 2 aromatic carbocycles. The van der Waals surface area contributed by atoms with Gasteiger partial charge in [-0.25, -0.2) is 8.78 Å². The number of carbonyl (C=O) groups excluding carboxylic acids is 1. The van der Waals surface area contributed by atoms with Gasteiger partial charge in [0.05, 0.1) is 11.3 Å². The molecule has 21 heavy (non-hydrogen) atoms. The van der Waals surface area contributed by atoms with Crippen LogP contribution in [0.25, 0.3) is 0 Å². The summed E-state index contributed by atoms with van der Waals surface area (Å²) >= 11 is 0. The van der Waals surface area contributed by atoms with Gasteiger partial charge in [-0.15, -0.1) is 0 Å². The van der Waals surface area contributed by atoms with Gasteiger partial charge in [0.2, 0.25) is 0 Å². The molecular weight excluding hydrogens is 276 g/mol. The molecule has 0 aliphatic carbocycles. The molecule has 4 nitrogen and oxygen atoms in total. The molecule has 0 aliphatic heterocycles. The number of hydrogen-bond acceptors (Lipinski definition) is 3. The van der Waals surface area contributed by atoms with Crippen molar-refractivity contribution in [3.05, 3.63) is 53.6 Å². The summed E-state index contributed by atoms with van der Waals surface area (Å²) in [4.78, 5) is 14.0. The molecule has 2 aromatic rings. The minimum absolute atomic E-state index is 0.216. The van der Waals surface area contributed by atoms with Gasteiger partial charge < -0.3 is 16.0 Å². The number of nitrogens with one attached hydrogen (secondary N) is 1. The highest BCUT2D eigenvalue weighted by atomic mass is 19.1. The maximum atomic E-state index is 13.6. The van der Waals surface area contributed by atoms with Gasteiger partial charge in [0, 0.05) is 31.5 Å². The van der Waals surface area contributed by atoms with Gasteiger partial charge in [0.1, 0.15) is 11.6 Å². The Kier molecular flexibility index (Phi) is 4.07. The zero-order chi connectivity index (χ0) is 15.6. The van der Waals surface area contributed by atoms with Crippen molar-refractivity contribution < 1.29 is 13.6 Å². The first-order valence-corrected chi connectivity index (χ1v) is 6.21. The molecule has 0 unspecified atom stereocenters. The molecule has 0 fully saturated rings. The lowest BCUT2D eigenvalue weighted by Crippen LogP contribution is -2.19. The van der Waals surface area contributed by atoms with Gasteiger partial charge in [0.25, 0.3) is 5.91 Å². The van der Waals surface area contributed by atoms with E-state index in [0.717, 1.165) is 18.2 Å². The zero-order valence-electron chi connectivity index (χ0n) is 11.7. The van der Waals surface area contributed by atoms with E-state index in [-0.39, 0.29) is 11.3 Å². The van der Waals surface area contributed by atoms with Crippen LogP contribution >= 0.6 is 0 Å². The number of halogens is 2. The Morgan fingerprint density at radius 2 is 1.86 bits per heavy atom. The SMILES string of the molecule is CN(C)c1ccc(N)cc1C(=O)Nc1cc(F)ccc1F. The third-order valence-electron chi connectivity index (χ3n) is 2.92. The summed E-state index contributed by atoms with van der Waals surface area (Å²) in [6.07, 6.45) is 0. The predicted octanol–water partition coefficient (Wildman–Crippen LogP) is 2.87. The maximum absolute atomic E-state index is 13.6. The van der Waals surface area contributed by atoms with Crippen molar-refractivity contribution in [2.75, 3.05) is 30.0 Å². The van der Waals surface area contributed by atoms with Crippen LogP contribution in [-0.4, -0.2) is 20.0 Å². The van der Waals surface area contributed by atoms with Crippen molar-refractivity contribution in [3.63, 3.8) is 0 Å². The fraction of sp³-hybridized carbons (Fsp3) is 0.133. The summed E-state index contributed by atoms with van der Waals surface area (Å²) in [5, 5.41) is 2.35. The van der Waals surface area contributed by atoms with Crippen molar-refractivity contribution in [1.29, 1.82) is 0 Å². The Balaban J connectivity index is 2.36. The number of carbonyl (C=O) groups is 1.